The van der Waals surface area contributed by atoms with Crippen molar-refractivity contribution in [2.75, 3.05) is 11.4 Å². The average Bonchev–Trinajstić information content (AvgIpc) is 3.43. The lowest BCUT2D eigenvalue weighted by Crippen LogP contribution is -2.50. The molecule has 1 fully saturated rings. The van der Waals surface area contributed by atoms with E-state index in [4.69, 9.17) is 4.42 Å². The number of amides is 2. The third kappa shape index (κ3) is 3.14. The van der Waals surface area contributed by atoms with Crippen LogP contribution in [0.4, 0.5) is 10.1 Å². The van der Waals surface area contributed by atoms with Crippen LogP contribution in [-0.4, -0.2) is 28.0 Å². The second-order valence-corrected chi connectivity index (χ2v) is 10.8. The number of nitrogens with zero attached hydrogens (tertiary/aromatic N) is 2. The molecule has 1 atom stereocenters. The number of carbonyl (C=O) groups excluding carboxylic acids is 2. The zero-order valence-corrected chi connectivity index (χ0v) is 18.9. The predicted octanol–water partition coefficient (Wildman–Crippen LogP) is 5.09. The Morgan fingerprint density at radius 3 is 2.59 bits per heavy atom. The summed E-state index contributed by atoms with van der Waals surface area (Å²) in [5.41, 5.74) is 3.40. The number of hydrogen-bond donors (Lipinski definition) is 0. The largest absolute Gasteiger partial charge is 0.459 e. The summed E-state index contributed by atoms with van der Waals surface area (Å²) in [5, 5.41) is 0. The Morgan fingerprint density at radius 2 is 1.91 bits per heavy atom. The van der Waals surface area contributed by atoms with Crippen molar-refractivity contribution in [3.63, 3.8) is 0 Å². The molecule has 164 valence electrons. The van der Waals surface area contributed by atoms with E-state index in [0.717, 1.165) is 22.4 Å². The highest BCUT2D eigenvalue weighted by molar-refractivity contribution is 8.02. The van der Waals surface area contributed by atoms with Crippen LogP contribution < -0.4 is 4.90 Å². The van der Waals surface area contributed by atoms with Gasteiger partial charge in [-0.2, -0.15) is 0 Å². The molecule has 2 aliphatic rings. The lowest BCUT2D eigenvalue weighted by molar-refractivity contribution is -0.123. The Kier molecular flexibility index (Phi) is 4.71. The number of aryl methyl sites for hydroxylation is 1. The molecule has 1 saturated heterocycles. The summed E-state index contributed by atoms with van der Waals surface area (Å²) in [7, 11) is 0. The summed E-state index contributed by atoms with van der Waals surface area (Å²) in [6.45, 7) is 6.76. The highest BCUT2D eigenvalue weighted by Gasteiger charge is 2.64. The summed E-state index contributed by atoms with van der Waals surface area (Å²) in [6, 6.07) is 15.3. The Bertz CT molecular complexity index is 1210. The van der Waals surface area contributed by atoms with Gasteiger partial charge in [-0.3, -0.25) is 9.59 Å². The van der Waals surface area contributed by atoms with Gasteiger partial charge < -0.3 is 14.2 Å². The maximum atomic E-state index is 14.1. The third-order valence-electron chi connectivity index (χ3n) is 5.92. The number of fused-ring (bicyclic) bond motifs is 2. The zero-order chi connectivity index (χ0) is 22.7. The fourth-order valence-electron chi connectivity index (χ4n) is 4.58. The van der Waals surface area contributed by atoms with E-state index in [0.29, 0.717) is 13.1 Å². The summed E-state index contributed by atoms with van der Waals surface area (Å²) in [6.07, 6.45) is 1.46. The molecular weight excluding hydrogens is 427 g/mol. The lowest BCUT2D eigenvalue weighted by Gasteiger charge is -2.32. The first-order valence-corrected chi connectivity index (χ1v) is 11.3. The van der Waals surface area contributed by atoms with Crippen molar-refractivity contribution in [1.29, 1.82) is 0 Å². The Labute approximate surface area is 190 Å². The van der Waals surface area contributed by atoms with Crippen LogP contribution in [0, 0.1) is 12.7 Å². The van der Waals surface area contributed by atoms with Crippen molar-refractivity contribution < 1.29 is 18.4 Å². The molecule has 0 saturated carbocycles. The fraction of sp³-hybridized carbons (Fsp3) is 0.280. The molecule has 5 nitrogen and oxygen atoms in total. The van der Waals surface area contributed by atoms with Crippen molar-refractivity contribution in [1.82, 2.24) is 4.90 Å². The number of hydrogen-bond acceptors (Lipinski definition) is 4. The van der Waals surface area contributed by atoms with E-state index < -0.39 is 4.87 Å². The van der Waals surface area contributed by atoms with Gasteiger partial charge in [0.1, 0.15) is 5.82 Å². The van der Waals surface area contributed by atoms with E-state index in [-0.39, 0.29) is 28.1 Å². The summed E-state index contributed by atoms with van der Waals surface area (Å²) in [5.74, 6) is -0.589. The van der Waals surface area contributed by atoms with Gasteiger partial charge in [-0.05, 0) is 56.7 Å². The van der Waals surface area contributed by atoms with Gasteiger partial charge in [0.05, 0.1) is 18.5 Å². The van der Waals surface area contributed by atoms with Gasteiger partial charge in [-0.25, -0.2) is 4.39 Å². The minimum atomic E-state index is -1.19. The first kappa shape index (κ1) is 20.8. The van der Waals surface area contributed by atoms with E-state index in [2.05, 4.69) is 0 Å². The molecule has 2 amide bonds. The number of halogens is 1. The maximum Gasteiger partial charge on any atom is 0.291 e. The molecule has 2 aromatic carbocycles. The molecule has 1 spiro atoms. The van der Waals surface area contributed by atoms with E-state index >= 15 is 0 Å². The van der Waals surface area contributed by atoms with Crippen LogP contribution in [0.1, 0.15) is 41.1 Å². The first-order chi connectivity index (χ1) is 15.2. The molecule has 32 heavy (non-hydrogen) atoms. The smallest absolute Gasteiger partial charge is 0.291 e. The van der Waals surface area contributed by atoms with Crippen LogP contribution in [0.15, 0.2) is 65.3 Å². The SMILES string of the molecule is Cc1ccc2c(c1)[C@]1(SC(C)(C)CN1C(=O)c1ccco1)C(=O)N2Cc1ccc(F)cc1. The van der Waals surface area contributed by atoms with Crippen molar-refractivity contribution >= 4 is 29.3 Å². The van der Waals surface area contributed by atoms with Gasteiger partial charge >= 0.3 is 0 Å². The van der Waals surface area contributed by atoms with Gasteiger partial charge in [0.15, 0.2) is 10.6 Å². The van der Waals surface area contributed by atoms with Crippen LogP contribution in [0.2, 0.25) is 0 Å². The van der Waals surface area contributed by atoms with Crippen LogP contribution in [0.5, 0.6) is 0 Å². The van der Waals surface area contributed by atoms with Crippen molar-refractivity contribution in [3.8, 4) is 0 Å². The van der Waals surface area contributed by atoms with Crippen LogP contribution in [-0.2, 0) is 16.2 Å². The Balaban J connectivity index is 1.65. The third-order valence-corrected chi connectivity index (χ3v) is 7.51. The van der Waals surface area contributed by atoms with Crippen molar-refractivity contribution in [2.24, 2.45) is 0 Å². The minimum absolute atomic E-state index is 0.169. The molecule has 0 aliphatic carbocycles. The molecule has 1 aromatic heterocycles. The van der Waals surface area contributed by atoms with Crippen molar-refractivity contribution in [2.45, 2.75) is 36.9 Å². The highest BCUT2D eigenvalue weighted by Crippen LogP contribution is 2.60. The number of carbonyl (C=O) groups is 2. The first-order valence-electron chi connectivity index (χ1n) is 10.4. The lowest BCUT2D eigenvalue weighted by atomic mass is 10.0. The van der Waals surface area contributed by atoms with Crippen molar-refractivity contribution in [3.05, 3.63) is 89.1 Å². The average molecular weight is 451 g/mol. The Morgan fingerprint density at radius 1 is 1.16 bits per heavy atom. The van der Waals surface area contributed by atoms with E-state index in [9.17, 15) is 14.0 Å². The molecule has 0 unspecified atom stereocenters. The topological polar surface area (TPSA) is 53.8 Å². The summed E-state index contributed by atoms with van der Waals surface area (Å²) < 4.78 is 18.5. The second kappa shape index (κ2) is 7.24. The van der Waals surface area contributed by atoms with Crippen LogP contribution >= 0.6 is 11.8 Å². The number of thioether (sulfide) groups is 1. The Hall–Kier alpha value is -3.06. The normalized spacial score (nSPS) is 21.4. The number of furan rings is 1. The number of rotatable bonds is 3. The molecule has 3 heterocycles. The quantitative estimate of drug-likeness (QED) is 0.558. The highest BCUT2D eigenvalue weighted by atomic mass is 32.2. The number of anilines is 1. The molecule has 3 aromatic rings. The van der Waals surface area contributed by atoms with Crippen LogP contribution in [0.3, 0.4) is 0 Å². The van der Waals surface area contributed by atoms with E-state index in [1.807, 2.05) is 39.0 Å². The molecule has 7 heteroatoms. The second-order valence-electron chi connectivity index (χ2n) is 8.91. The molecule has 5 rings (SSSR count). The van der Waals surface area contributed by atoms with Gasteiger partial charge in [0.25, 0.3) is 11.8 Å². The maximum absolute atomic E-state index is 14.1. The standard InChI is InChI=1S/C25H23FN2O3S/c1-16-6-11-20-19(13-16)25(23(30)27(20)14-17-7-9-18(26)10-8-17)28(15-24(2,3)32-25)22(29)21-5-4-12-31-21/h4-13H,14-15H2,1-3H3/t25-/m0/s1. The predicted molar refractivity (Wildman–Crippen MR) is 122 cm³/mol. The van der Waals surface area contributed by atoms with Gasteiger partial charge in [0, 0.05) is 16.9 Å². The zero-order valence-electron chi connectivity index (χ0n) is 18.1. The summed E-state index contributed by atoms with van der Waals surface area (Å²) in [4.78, 5) is 29.8. The van der Waals surface area contributed by atoms with Gasteiger partial charge in [0.2, 0.25) is 0 Å². The van der Waals surface area contributed by atoms with Crippen LogP contribution in [0.25, 0.3) is 0 Å². The monoisotopic (exact) mass is 450 g/mol. The van der Waals surface area contributed by atoms with Gasteiger partial charge in [-0.1, -0.05) is 29.8 Å². The molecular formula is C25H23FN2O3S. The fourth-order valence-corrected chi connectivity index (χ4v) is 6.30. The molecule has 0 bridgehead atoms. The number of benzene rings is 2. The van der Waals surface area contributed by atoms with E-state index in [1.54, 1.807) is 34.1 Å². The molecule has 0 N–H and O–H groups in total. The van der Waals surface area contributed by atoms with Gasteiger partial charge in [-0.15, -0.1) is 11.8 Å². The summed E-state index contributed by atoms with van der Waals surface area (Å²) >= 11 is 1.50. The molecule has 2 aliphatic heterocycles. The molecule has 0 radical (unpaired) electrons. The minimum Gasteiger partial charge on any atom is -0.459 e. The van der Waals surface area contributed by atoms with E-state index in [1.165, 1.54) is 30.2 Å².